The molecule has 0 aromatic carbocycles. The van der Waals surface area contributed by atoms with Gasteiger partial charge in [-0.1, -0.05) is 105 Å². The number of aliphatic hydroxyl groups is 2. The van der Waals surface area contributed by atoms with E-state index in [1.54, 1.807) is 0 Å². The molecule has 0 radical (unpaired) electrons. The quantitative estimate of drug-likeness (QED) is 0.0375. The van der Waals surface area contributed by atoms with Crippen LogP contribution in [-0.2, 0) is 23.7 Å². The Morgan fingerprint density at radius 3 is 1.67 bits per heavy atom. The van der Waals surface area contributed by atoms with Gasteiger partial charge in [-0.3, -0.25) is 9.69 Å². The Bertz CT molecular complexity index is 653. The van der Waals surface area contributed by atoms with Crippen LogP contribution in [0.5, 0.6) is 0 Å². The van der Waals surface area contributed by atoms with Gasteiger partial charge < -0.3 is 29.2 Å². The fraction of sp³-hybridized carbons (Fsp3) is 0.975. The first kappa shape index (κ1) is 47.2. The van der Waals surface area contributed by atoms with E-state index in [1.165, 1.54) is 44.9 Å². The number of esters is 1. The Labute approximate surface area is 297 Å². The van der Waals surface area contributed by atoms with Gasteiger partial charge in [0.05, 0.1) is 25.7 Å². The number of hydrogen-bond acceptors (Lipinski definition) is 8. The van der Waals surface area contributed by atoms with Crippen LogP contribution >= 0.6 is 0 Å². The molecule has 0 aliphatic heterocycles. The van der Waals surface area contributed by atoms with Gasteiger partial charge in [0.1, 0.15) is 0 Å². The molecule has 0 bridgehead atoms. The van der Waals surface area contributed by atoms with Crippen molar-refractivity contribution >= 4 is 5.97 Å². The fourth-order valence-electron chi connectivity index (χ4n) is 5.99. The van der Waals surface area contributed by atoms with E-state index in [-0.39, 0.29) is 24.4 Å². The van der Waals surface area contributed by atoms with Crippen LogP contribution in [0.15, 0.2) is 0 Å². The molecule has 0 aliphatic rings. The molecule has 0 amide bonds. The lowest BCUT2D eigenvalue weighted by Gasteiger charge is -2.23. The van der Waals surface area contributed by atoms with Crippen LogP contribution in [-0.4, -0.2) is 93.3 Å². The molecule has 48 heavy (non-hydrogen) atoms. The van der Waals surface area contributed by atoms with Gasteiger partial charge in [0.15, 0.2) is 6.29 Å². The number of unbranched alkanes of at least 4 members (excludes halogenated alkanes) is 11. The van der Waals surface area contributed by atoms with Gasteiger partial charge in [0.25, 0.3) is 0 Å². The molecule has 0 saturated carbocycles. The standard InChI is InChI=1S/C40H81NO7/c1-5-9-13-15-25-37(23-11-7-3)39(43)47-33-21-19-31-45-35-28-41(27-17-18-30-42)29-36-46-32-20-22-34-48-40(44)38(24-12-8-4)26-16-14-10-6-2/h37-39,42-43H,5-36H2,1-4H3. The zero-order valence-corrected chi connectivity index (χ0v) is 32.2. The van der Waals surface area contributed by atoms with Crippen molar-refractivity contribution in [2.45, 2.75) is 175 Å². The van der Waals surface area contributed by atoms with E-state index in [4.69, 9.17) is 18.9 Å². The molecule has 0 saturated heterocycles. The number of nitrogens with zero attached hydrogens (tertiary/aromatic N) is 1. The van der Waals surface area contributed by atoms with Crippen molar-refractivity contribution in [3.8, 4) is 0 Å². The molecule has 3 unspecified atom stereocenters. The molecule has 8 nitrogen and oxygen atoms in total. The van der Waals surface area contributed by atoms with Crippen molar-refractivity contribution < 1.29 is 34.0 Å². The molecular weight excluding hydrogens is 606 g/mol. The lowest BCUT2D eigenvalue weighted by atomic mass is 9.94. The highest BCUT2D eigenvalue weighted by Crippen LogP contribution is 2.22. The zero-order chi connectivity index (χ0) is 35.3. The summed E-state index contributed by atoms with van der Waals surface area (Å²) in [5.41, 5.74) is 0. The van der Waals surface area contributed by atoms with Gasteiger partial charge in [0, 0.05) is 45.4 Å². The van der Waals surface area contributed by atoms with Crippen molar-refractivity contribution in [2.24, 2.45) is 11.8 Å². The summed E-state index contributed by atoms with van der Waals surface area (Å²) in [6.07, 6.45) is 22.9. The van der Waals surface area contributed by atoms with Gasteiger partial charge >= 0.3 is 5.97 Å². The summed E-state index contributed by atoms with van der Waals surface area (Å²) in [7, 11) is 0. The highest BCUT2D eigenvalue weighted by Gasteiger charge is 2.20. The van der Waals surface area contributed by atoms with Crippen LogP contribution < -0.4 is 0 Å². The Kier molecular flexibility index (Phi) is 36.9. The molecule has 0 aromatic heterocycles. The number of carbonyl (C=O) groups excluding carboxylic acids is 1. The van der Waals surface area contributed by atoms with Gasteiger partial charge in [-0.05, 0) is 70.8 Å². The maximum absolute atomic E-state index is 12.6. The molecule has 0 aromatic rings. The highest BCUT2D eigenvalue weighted by atomic mass is 16.6. The zero-order valence-electron chi connectivity index (χ0n) is 32.2. The van der Waals surface area contributed by atoms with Crippen molar-refractivity contribution in [1.82, 2.24) is 4.90 Å². The molecule has 0 fully saturated rings. The summed E-state index contributed by atoms with van der Waals surface area (Å²) in [5.74, 6) is 0.305. The van der Waals surface area contributed by atoms with Crippen LogP contribution in [0.3, 0.4) is 0 Å². The summed E-state index contributed by atoms with van der Waals surface area (Å²) in [4.78, 5) is 15.0. The predicted molar refractivity (Wildman–Crippen MR) is 199 cm³/mol. The number of hydrogen-bond donors (Lipinski definition) is 2. The van der Waals surface area contributed by atoms with E-state index in [1.807, 2.05) is 0 Å². The lowest BCUT2D eigenvalue weighted by Crippen LogP contribution is -2.32. The molecule has 0 spiro atoms. The van der Waals surface area contributed by atoms with E-state index in [0.29, 0.717) is 39.6 Å². The van der Waals surface area contributed by atoms with Gasteiger partial charge in [-0.15, -0.1) is 0 Å². The van der Waals surface area contributed by atoms with Crippen molar-refractivity contribution in [1.29, 1.82) is 0 Å². The first-order chi connectivity index (χ1) is 23.5. The maximum atomic E-state index is 12.6. The second-order valence-electron chi connectivity index (χ2n) is 13.8. The molecule has 3 atom stereocenters. The summed E-state index contributed by atoms with van der Waals surface area (Å²) in [6, 6.07) is 0. The van der Waals surface area contributed by atoms with Gasteiger partial charge in [-0.2, -0.15) is 0 Å². The van der Waals surface area contributed by atoms with Crippen LogP contribution in [0, 0.1) is 11.8 Å². The Morgan fingerprint density at radius 2 is 1.06 bits per heavy atom. The monoisotopic (exact) mass is 688 g/mol. The van der Waals surface area contributed by atoms with Gasteiger partial charge in [-0.25, -0.2) is 0 Å². The van der Waals surface area contributed by atoms with Crippen molar-refractivity contribution in [3.63, 3.8) is 0 Å². The molecule has 0 aliphatic carbocycles. The first-order valence-corrected chi connectivity index (χ1v) is 20.5. The minimum Gasteiger partial charge on any atom is -0.465 e. The highest BCUT2D eigenvalue weighted by molar-refractivity contribution is 5.72. The van der Waals surface area contributed by atoms with E-state index in [0.717, 1.165) is 116 Å². The normalized spacial score (nSPS) is 13.6. The summed E-state index contributed by atoms with van der Waals surface area (Å²) in [5, 5.41) is 19.8. The molecule has 0 heterocycles. The second-order valence-corrected chi connectivity index (χ2v) is 13.8. The molecule has 8 heteroatoms. The van der Waals surface area contributed by atoms with E-state index in [2.05, 4.69) is 32.6 Å². The number of aliphatic hydroxyl groups excluding tert-OH is 2. The van der Waals surface area contributed by atoms with Crippen LogP contribution in [0.25, 0.3) is 0 Å². The average Bonchev–Trinajstić information content (AvgIpc) is 3.09. The summed E-state index contributed by atoms with van der Waals surface area (Å²) < 4.78 is 23.3. The number of carbonyl (C=O) groups is 1. The minimum absolute atomic E-state index is 0.00631. The van der Waals surface area contributed by atoms with Crippen LogP contribution in [0.4, 0.5) is 0 Å². The predicted octanol–water partition coefficient (Wildman–Crippen LogP) is 9.09. The van der Waals surface area contributed by atoms with E-state index >= 15 is 0 Å². The van der Waals surface area contributed by atoms with Crippen molar-refractivity contribution in [2.75, 3.05) is 65.9 Å². The number of rotatable bonds is 39. The molecule has 0 rings (SSSR count). The summed E-state index contributed by atoms with van der Waals surface area (Å²) >= 11 is 0. The maximum Gasteiger partial charge on any atom is 0.308 e. The van der Waals surface area contributed by atoms with E-state index in [9.17, 15) is 15.0 Å². The lowest BCUT2D eigenvalue weighted by molar-refractivity contribution is -0.149. The van der Waals surface area contributed by atoms with Crippen molar-refractivity contribution in [3.05, 3.63) is 0 Å². The molecule has 288 valence electrons. The Balaban J connectivity index is 4.11. The van der Waals surface area contributed by atoms with Crippen LogP contribution in [0.2, 0.25) is 0 Å². The topological polar surface area (TPSA) is 97.7 Å². The largest absolute Gasteiger partial charge is 0.465 e. The third-order valence-electron chi connectivity index (χ3n) is 9.29. The number of ether oxygens (including phenoxy) is 4. The third-order valence-corrected chi connectivity index (χ3v) is 9.29. The second kappa shape index (κ2) is 37.5. The third kappa shape index (κ3) is 30.1. The minimum atomic E-state index is -0.649. The fourth-order valence-corrected chi connectivity index (χ4v) is 5.99. The molecular formula is C40H81NO7. The Morgan fingerprint density at radius 1 is 0.542 bits per heavy atom. The van der Waals surface area contributed by atoms with E-state index < -0.39 is 6.29 Å². The SMILES string of the molecule is CCCCCCC(CCCC)C(=O)OCCCCOCCN(CCCCO)CCOCCCCOC(O)C(CCCC)CCCCCC. The first-order valence-electron chi connectivity index (χ1n) is 20.5. The smallest absolute Gasteiger partial charge is 0.308 e. The van der Waals surface area contributed by atoms with Crippen LogP contribution in [0.1, 0.15) is 169 Å². The summed E-state index contributed by atoms with van der Waals surface area (Å²) in [6.45, 7) is 15.4. The molecule has 2 N–H and O–H groups in total. The van der Waals surface area contributed by atoms with Gasteiger partial charge in [0.2, 0.25) is 0 Å². The Hall–Kier alpha value is -0.770. The average molecular weight is 688 g/mol.